The summed E-state index contributed by atoms with van der Waals surface area (Å²) in [6.45, 7) is 5.71. The summed E-state index contributed by atoms with van der Waals surface area (Å²) in [6.07, 6.45) is 4.58. The highest BCUT2D eigenvalue weighted by atomic mass is 79.9. The lowest BCUT2D eigenvalue weighted by molar-refractivity contribution is -0.123. The summed E-state index contributed by atoms with van der Waals surface area (Å²) in [5, 5.41) is 3.58. The van der Waals surface area contributed by atoms with E-state index in [2.05, 4.69) is 26.2 Å². The third-order valence-electron chi connectivity index (χ3n) is 4.13. The highest BCUT2D eigenvalue weighted by Gasteiger charge is 2.15. The Hall–Kier alpha value is -2.14. The van der Waals surface area contributed by atoms with E-state index in [-0.39, 0.29) is 17.3 Å². The second-order valence-corrected chi connectivity index (χ2v) is 7.14. The van der Waals surface area contributed by atoms with Crippen molar-refractivity contribution >= 4 is 38.3 Å². The molecule has 0 radical (unpaired) electrons. The molecule has 0 atom stereocenters. The third kappa shape index (κ3) is 3.08. The van der Waals surface area contributed by atoms with Gasteiger partial charge in [0.2, 0.25) is 5.91 Å². The molecule has 0 aliphatic heterocycles. The van der Waals surface area contributed by atoms with Crippen molar-refractivity contribution in [3.05, 3.63) is 62.0 Å². The van der Waals surface area contributed by atoms with E-state index in [0.717, 1.165) is 32.5 Å². The predicted octanol–water partition coefficient (Wildman–Crippen LogP) is 4.04. The molecule has 0 bridgehead atoms. The van der Waals surface area contributed by atoms with E-state index in [0.29, 0.717) is 11.8 Å². The van der Waals surface area contributed by atoms with Crippen LogP contribution in [0.1, 0.15) is 31.5 Å². The standard InChI is InChI=1S/C19H19BrN2O2/c1-10(2)19(24)21-13-6-5-12(8-13)15-9-16(23)14-7-4-11(3)17(20)18(14)22-15/h4-5,7-10H,6H2,1-3H3,(H,21,24)(H,22,23). The van der Waals surface area contributed by atoms with Gasteiger partial charge in [-0.05, 0) is 46.1 Å². The van der Waals surface area contributed by atoms with Crippen LogP contribution in [0.2, 0.25) is 0 Å². The molecule has 24 heavy (non-hydrogen) atoms. The van der Waals surface area contributed by atoms with Gasteiger partial charge in [-0.25, -0.2) is 0 Å². The van der Waals surface area contributed by atoms with Gasteiger partial charge in [-0.1, -0.05) is 26.0 Å². The number of fused-ring (bicyclic) bond motifs is 1. The first kappa shape index (κ1) is 16.7. The normalized spacial score (nSPS) is 14.0. The van der Waals surface area contributed by atoms with E-state index in [1.54, 1.807) is 6.07 Å². The Morgan fingerprint density at radius 1 is 1.33 bits per heavy atom. The molecule has 1 aliphatic rings. The number of pyridine rings is 1. The van der Waals surface area contributed by atoms with Crippen LogP contribution in [-0.4, -0.2) is 10.9 Å². The van der Waals surface area contributed by atoms with Gasteiger partial charge in [-0.3, -0.25) is 9.59 Å². The Morgan fingerprint density at radius 2 is 2.08 bits per heavy atom. The molecule has 1 aliphatic carbocycles. The number of aryl methyl sites for hydroxylation is 1. The smallest absolute Gasteiger partial charge is 0.226 e. The number of rotatable bonds is 3. The Balaban J connectivity index is 1.99. The molecule has 2 N–H and O–H groups in total. The summed E-state index contributed by atoms with van der Waals surface area (Å²) in [6, 6.07) is 5.38. The maximum Gasteiger partial charge on any atom is 0.226 e. The summed E-state index contributed by atoms with van der Waals surface area (Å²) in [7, 11) is 0. The van der Waals surface area contributed by atoms with Gasteiger partial charge < -0.3 is 10.3 Å². The quantitative estimate of drug-likeness (QED) is 0.835. The molecule has 124 valence electrons. The number of carbonyl (C=O) groups is 1. The number of carbonyl (C=O) groups excluding carboxylic acids is 1. The van der Waals surface area contributed by atoms with Crippen LogP contribution < -0.4 is 10.7 Å². The van der Waals surface area contributed by atoms with Crippen LogP contribution in [0.5, 0.6) is 0 Å². The van der Waals surface area contributed by atoms with Crippen LogP contribution in [0.25, 0.3) is 16.5 Å². The maximum atomic E-state index is 12.4. The minimum atomic E-state index is -0.0608. The maximum absolute atomic E-state index is 12.4. The number of aromatic amines is 1. The van der Waals surface area contributed by atoms with Gasteiger partial charge in [-0.2, -0.15) is 0 Å². The van der Waals surface area contributed by atoms with Gasteiger partial charge in [0.1, 0.15) is 0 Å². The number of amides is 1. The van der Waals surface area contributed by atoms with Gasteiger partial charge >= 0.3 is 0 Å². The summed E-state index contributed by atoms with van der Waals surface area (Å²) < 4.78 is 0.898. The molecule has 2 aromatic rings. The molecule has 1 aromatic carbocycles. The number of H-pyrrole nitrogens is 1. The number of hydrogen-bond acceptors (Lipinski definition) is 2. The zero-order valence-corrected chi connectivity index (χ0v) is 15.5. The van der Waals surface area contributed by atoms with E-state index in [4.69, 9.17) is 0 Å². The molecule has 1 amide bonds. The zero-order chi connectivity index (χ0) is 17.4. The molecular weight excluding hydrogens is 368 g/mol. The topological polar surface area (TPSA) is 62.0 Å². The van der Waals surface area contributed by atoms with Crippen molar-refractivity contribution in [3.8, 4) is 0 Å². The molecule has 5 heteroatoms. The summed E-state index contributed by atoms with van der Waals surface area (Å²) in [5.74, 6) is -0.0596. The van der Waals surface area contributed by atoms with Crippen LogP contribution in [0.15, 0.2) is 45.3 Å². The van der Waals surface area contributed by atoms with E-state index in [9.17, 15) is 9.59 Å². The van der Waals surface area contributed by atoms with Gasteiger partial charge in [0.05, 0.1) is 5.52 Å². The Bertz CT molecular complexity index is 952. The van der Waals surface area contributed by atoms with Gasteiger partial charge in [0.15, 0.2) is 5.43 Å². The van der Waals surface area contributed by atoms with E-state index < -0.39 is 0 Å². The highest BCUT2D eigenvalue weighted by Crippen LogP contribution is 2.28. The summed E-state index contributed by atoms with van der Waals surface area (Å²) >= 11 is 3.56. The van der Waals surface area contributed by atoms with Crippen molar-refractivity contribution in [3.63, 3.8) is 0 Å². The first-order valence-electron chi connectivity index (χ1n) is 7.91. The molecule has 0 saturated carbocycles. The highest BCUT2D eigenvalue weighted by molar-refractivity contribution is 9.10. The van der Waals surface area contributed by atoms with Gasteiger partial charge in [0.25, 0.3) is 0 Å². The van der Waals surface area contributed by atoms with Crippen molar-refractivity contribution in [2.45, 2.75) is 27.2 Å². The molecule has 1 heterocycles. The summed E-state index contributed by atoms with van der Waals surface area (Å²) in [5.41, 5.74) is 4.37. The van der Waals surface area contributed by atoms with E-state index in [1.807, 2.05) is 45.1 Å². The number of allylic oxidation sites excluding steroid dienone is 3. The molecule has 0 spiro atoms. The van der Waals surface area contributed by atoms with Crippen molar-refractivity contribution in [2.75, 3.05) is 0 Å². The third-order valence-corrected chi connectivity index (χ3v) is 5.15. The van der Waals surface area contributed by atoms with Gasteiger partial charge in [0, 0.05) is 39.7 Å². The number of benzene rings is 1. The monoisotopic (exact) mass is 386 g/mol. The first-order chi connectivity index (χ1) is 11.4. The molecule has 1 aromatic heterocycles. The van der Waals surface area contributed by atoms with E-state index in [1.165, 1.54) is 0 Å². The van der Waals surface area contributed by atoms with E-state index >= 15 is 0 Å². The fourth-order valence-corrected chi connectivity index (χ4v) is 3.09. The van der Waals surface area contributed by atoms with Crippen LogP contribution in [0, 0.1) is 12.8 Å². The fraction of sp³-hybridized carbons (Fsp3) is 0.263. The van der Waals surface area contributed by atoms with Crippen LogP contribution in [0.3, 0.4) is 0 Å². The minimum Gasteiger partial charge on any atom is -0.353 e. The number of aromatic nitrogens is 1. The number of halogens is 1. The van der Waals surface area contributed by atoms with Crippen LogP contribution in [-0.2, 0) is 4.79 Å². The minimum absolute atomic E-state index is 0.00118. The van der Waals surface area contributed by atoms with Crippen LogP contribution >= 0.6 is 15.9 Å². The average Bonchev–Trinajstić information content (AvgIpc) is 2.99. The lowest BCUT2D eigenvalue weighted by Crippen LogP contribution is -2.26. The Labute approximate surface area is 148 Å². The lowest BCUT2D eigenvalue weighted by atomic mass is 10.1. The van der Waals surface area contributed by atoms with Crippen LogP contribution in [0.4, 0.5) is 0 Å². The molecule has 0 fully saturated rings. The largest absolute Gasteiger partial charge is 0.353 e. The number of hydrogen-bond donors (Lipinski definition) is 2. The molecular formula is C19H19BrN2O2. The lowest BCUT2D eigenvalue weighted by Gasteiger charge is -2.08. The second-order valence-electron chi connectivity index (χ2n) is 6.34. The predicted molar refractivity (Wildman–Crippen MR) is 101 cm³/mol. The van der Waals surface area contributed by atoms with Crippen molar-refractivity contribution in [2.24, 2.45) is 5.92 Å². The molecule has 3 rings (SSSR count). The molecule has 4 nitrogen and oxygen atoms in total. The first-order valence-corrected chi connectivity index (χ1v) is 8.70. The summed E-state index contributed by atoms with van der Waals surface area (Å²) in [4.78, 5) is 27.6. The van der Waals surface area contributed by atoms with Crippen molar-refractivity contribution in [1.82, 2.24) is 10.3 Å². The average molecular weight is 387 g/mol. The molecule has 0 unspecified atom stereocenters. The van der Waals surface area contributed by atoms with Crippen molar-refractivity contribution < 1.29 is 4.79 Å². The fourth-order valence-electron chi connectivity index (χ4n) is 2.65. The Kier molecular flexibility index (Phi) is 4.45. The second kappa shape index (κ2) is 6.40. The SMILES string of the molecule is Cc1ccc2c(=O)cc(C3=CCC(NC(=O)C(C)C)=C3)[nH]c2c1Br. The molecule has 0 saturated heterocycles. The number of nitrogens with one attached hydrogen (secondary N) is 2. The zero-order valence-electron chi connectivity index (χ0n) is 13.9. The Morgan fingerprint density at radius 3 is 2.79 bits per heavy atom. The van der Waals surface area contributed by atoms with Crippen molar-refractivity contribution in [1.29, 1.82) is 0 Å². The van der Waals surface area contributed by atoms with Gasteiger partial charge in [-0.15, -0.1) is 0 Å².